The summed E-state index contributed by atoms with van der Waals surface area (Å²) >= 11 is 0. The van der Waals surface area contributed by atoms with Gasteiger partial charge < -0.3 is 14.2 Å². The largest absolute Gasteiger partial charge is 0.454 e. The summed E-state index contributed by atoms with van der Waals surface area (Å²) in [5.41, 5.74) is 13.6. The van der Waals surface area contributed by atoms with E-state index in [0.29, 0.717) is 0 Å². The molecule has 0 fully saturated rings. The van der Waals surface area contributed by atoms with Gasteiger partial charge in [0.1, 0.15) is 5.58 Å². The molecular weight excluding hydrogens is 645 g/mol. The van der Waals surface area contributed by atoms with Crippen molar-refractivity contribution in [1.29, 1.82) is 0 Å². The van der Waals surface area contributed by atoms with E-state index >= 15 is 0 Å². The number of para-hydroxylation sites is 5. The molecule has 0 N–H and O–H groups in total. The maximum atomic E-state index is 6.54. The van der Waals surface area contributed by atoms with Gasteiger partial charge in [0.2, 0.25) is 0 Å². The van der Waals surface area contributed by atoms with E-state index in [4.69, 9.17) is 4.42 Å². The topological polar surface area (TPSA) is 19.6 Å². The summed E-state index contributed by atoms with van der Waals surface area (Å²) in [6.07, 6.45) is 0. The summed E-state index contributed by atoms with van der Waals surface area (Å²) < 4.78 is 6.54. The van der Waals surface area contributed by atoms with Gasteiger partial charge in [-0.05, 0) is 141 Å². The second-order valence-electron chi connectivity index (χ2n) is 13.8. The van der Waals surface area contributed by atoms with Crippen molar-refractivity contribution in [3.05, 3.63) is 194 Å². The van der Waals surface area contributed by atoms with Crippen molar-refractivity contribution < 1.29 is 4.42 Å². The summed E-state index contributed by atoms with van der Waals surface area (Å²) in [6.45, 7) is 0. The summed E-state index contributed by atoms with van der Waals surface area (Å²) in [6, 6.07) is 69.6. The Morgan fingerprint density at radius 1 is 0.302 bits per heavy atom. The third-order valence-corrected chi connectivity index (χ3v) is 10.7. The van der Waals surface area contributed by atoms with Crippen LogP contribution < -0.4 is 9.80 Å². The van der Waals surface area contributed by atoms with Crippen LogP contribution >= 0.6 is 0 Å². The number of benzene rings is 9. The maximum absolute atomic E-state index is 6.54. The molecule has 248 valence electrons. The minimum absolute atomic E-state index is 0.882. The number of anilines is 6. The average molecular weight is 677 g/mol. The van der Waals surface area contributed by atoms with Crippen LogP contribution in [0.5, 0.6) is 0 Å². The molecular formula is C50H32N2O. The summed E-state index contributed by atoms with van der Waals surface area (Å²) in [4.78, 5) is 4.64. The second kappa shape index (κ2) is 11.7. The van der Waals surface area contributed by atoms with E-state index in [2.05, 4.69) is 192 Å². The molecule has 1 heterocycles. The zero-order valence-corrected chi connectivity index (χ0v) is 28.8. The van der Waals surface area contributed by atoms with Crippen molar-refractivity contribution in [3.8, 4) is 22.3 Å². The highest BCUT2D eigenvalue weighted by Crippen LogP contribution is 2.51. The lowest BCUT2D eigenvalue weighted by Crippen LogP contribution is -2.10. The number of hydrogen-bond donors (Lipinski definition) is 0. The molecule has 10 aromatic rings. The van der Waals surface area contributed by atoms with Gasteiger partial charge in [-0.2, -0.15) is 0 Å². The molecule has 11 rings (SSSR count). The van der Waals surface area contributed by atoms with Crippen LogP contribution in [0.2, 0.25) is 0 Å². The quantitative estimate of drug-likeness (QED) is 0.175. The molecule has 0 amide bonds. The zero-order chi connectivity index (χ0) is 34.9. The van der Waals surface area contributed by atoms with Crippen molar-refractivity contribution in [3.63, 3.8) is 0 Å². The summed E-state index contributed by atoms with van der Waals surface area (Å²) in [5.74, 6) is 0. The zero-order valence-electron chi connectivity index (χ0n) is 28.8. The molecule has 3 heteroatoms. The molecule has 0 unspecified atom stereocenters. The van der Waals surface area contributed by atoms with Gasteiger partial charge in [-0.15, -0.1) is 0 Å². The van der Waals surface area contributed by atoms with Crippen LogP contribution in [0, 0.1) is 0 Å². The molecule has 0 bridgehead atoms. The Morgan fingerprint density at radius 2 is 0.755 bits per heavy atom. The van der Waals surface area contributed by atoms with Gasteiger partial charge >= 0.3 is 0 Å². The lowest BCUT2D eigenvalue weighted by molar-refractivity contribution is 0.669. The van der Waals surface area contributed by atoms with Gasteiger partial charge in [0.25, 0.3) is 0 Å². The molecule has 0 saturated heterocycles. The fraction of sp³-hybridized carbons (Fsp3) is 0. The molecule has 0 spiro atoms. The second-order valence-corrected chi connectivity index (χ2v) is 13.8. The molecule has 53 heavy (non-hydrogen) atoms. The first kappa shape index (κ1) is 29.6. The van der Waals surface area contributed by atoms with Gasteiger partial charge in [-0.25, -0.2) is 0 Å². The normalized spacial score (nSPS) is 11.8. The van der Waals surface area contributed by atoms with Crippen LogP contribution in [0.15, 0.2) is 199 Å². The van der Waals surface area contributed by atoms with E-state index < -0.39 is 0 Å². The number of nitrogens with zero attached hydrogens (tertiary/aromatic N) is 2. The third-order valence-electron chi connectivity index (χ3n) is 10.7. The number of furan rings is 1. The smallest absolute Gasteiger partial charge is 0.159 e. The molecule has 1 aliphatic rings. The van der Waals surface area contributed by atoms with Crippen LogP contribution in [-0.2, 0) is 0 Å². The Bertz CT molecular complexity index is 2960. The van der Waals surface area contributed by atoms with E-state index in [9.17, 15) is 0 Å². The van der Waals surface area contributed by atoms with E-state index in [-0.39, 0.29) is 0 Å². The SMILES string of the molecule is c1ccc(N(c2ccccc2)c2ccc3cc4c(cc3c2)-c2cc3cc(N(c5ccccc5)c5cccc6c5oc5ccccc56)ccc3cc2-4)cc1. The first-order chi connectivity index (χ1) is 26.3. The van der Waals surface area contributed by atoms with Gasteiger partial charge in [-0.3, -0.25) is 0 Å². The highest BCUT2D eigenvalue weighted by Gasteiger charge is 2.25. The fourth-order valence-electron chi connectivity index (χ4n) is 8.19. The summed E-state index contributed by atoms with van der Waals surface area (Å²) in [5, 5.41) is 7.15. The standard InChI is InChI=1S/C50H32N2O/c1-4-13-37(14-5-1)51(38-15-6-2-7-16-38)40-25-23-33-29-44-45-30-34-24-26-41(28-36(34)32-47(45)46(44)31-35(33)27-40)52(39-17-8-3-9-18-39)48-21-12-20-43-42-19-10-11-22-49(42)53-50(43)48/h1-32H. The predicted molar refractivity (Wildman–Crippen MR) is 223 cm³/mol. The van der Waals surface area contributed by atoms with Gasteiger partial charge in [0.05, 0.1) is 5.69 Å². The van der Waals surface area contributed by atoms with Gasteiger partial charge in [0.15, 0.2) is 5.58 Å². The van der Waals surface area contributed by atoms with Gasteiger partial charge in [-0.1, -0.05) is 97.1 Å². The Morgan fingerprint density at radius 3 is 1.32 bits per heavy atom. The van der Waals surface area contributed by atoms with Crippen LogP contribution in [0.3, 0.4) is 0 Å². The first-order valence-electron chi connectivity index (χ1n) is 18.1. The van der Waals surface area contributed by atoms with E-state index in [1.165, 1.54) is 43.8 Å². The number of rotatable bonds is 6. The van der Waals surface area contributed by atoms with Gasteiger partial charge in [0, 0.05) is 39.2 Å². The molecule has 3 nitrogen and oxygen atoms in total. The number of hydrogen-bond acceptors (Lipinski definition) is 3. The molecule has 0 radical (unpaired) electrons. The van der Waals surface area contributed by atoms with Crippen molar-refractivity contribution in [2.24, 2.45) is 0 Å². The van der Waals surface area contributed by atoms with Crippen LogP contribution in [0.4, 0.5) is 34.1 Å². The molecule has 1 aromatic heterocycles. The van der Waals surface area contributed by atoms with E-state index in [1.807, 2.05) is 12.1 Å². The predicted octanol–water partition coefficient (Wildman–Crippen LogP) is 14.5. The Hall–Kier alpha value is -7.10. The monoisotopic (exact) mass is 676 g/mol. The lowest BCUT2D eigenvalue weighted by Gasteiger charge is -2.28. The number of fused-ring (bicyclic) bond motifs is 9. The molecule has 0 atom stereocenters. The Kier molecular flexibility index (Phi) is 6.55. The van der Waals surface area contributed by atoms with Crippen LogP contribution in [0.25, 0.3) is 65.7 Å². The third kappa shape index (κ3) is 4.75. The fourth-order valence-corrected chi connectivity index (χ4v) is 8.19. The highest BCUT2D eigenvalue weighted by atomic mass is 16.3. The van der Waals surface area contributed by atoms with Crippen LogP contribution in [0.1, 0.15) is 0 Å². The van der Waals surface area contributed by atoms with Crippen molar-refractivity contribution >= 4 is 77.6 Å². The Labute approximate surface area is 307 Å². The molecule has 0 saturated carbocycles. The average Bonchev–Trinajstić information content (AvgIpc) is 3.61. The molecule has 9 aromatic carbocycles. The molecule has 0 aliphatic heterocycles. The lowest BCUT2D eigenvalue weighted by atomic mass is 9.78. The minimum atomic E-state index is 0.882. The van der Waals surface area contributed by atoms with Crippen molar-refractivity contribution in [1.82, 2.24) is 0 Å². The van der Waals surface area contributed by atoms with Crippen molar-refractivity contribution in [2.75, 3.05) is 9.80 Å². The van der Waals surface area contributed by atoms with E-state index in [0.717, 1.165) is 56.1 Å². The van der Waals surface area contributed by atoms with Crippen molar-refractivity contribution in [2.45, 2.75) is 0 Å². The first-order valence-corrected chi connectivity index (χ1v) is 18.1. The maximum Gasteiger partial charge on any atom is 0.159 e. The van der Waals surface area contributed by atoms with E-state index in [1.54, 1.807) is 0 Å². The summed E-state index contributed by atoms with van der Waals surface area (Å²) in [7, 11) is 0. The highest BCUT2D eigenvalue weighted by molar-refractivity contribution is 6.13. The van der Waals surface area contributed by atoms with Crippen LogP contribution in [-0.4, -0.2) is 0 Å². The Balaban J connectivity index is 1.02. The minimum Gasteiger partial charge on any atom is -0.454 e. The molecule has 1 aliphatic carbocycles.